The molecule has 6 nitrogen and oxygen atoms in total. The molecule has 0 fully saturated rings. The molecule has 0 aliphatic heterocycles. The number of hydrogen-bond donors (Lipinski definition) is 1. The molecule has 2 aromatic heterocycles. The van der Waals surface area contributed by atoms with Crippen LogP contribution in [0.1, 0.15) is 52.0 Å². The number of halogens is 2. The van der Waals surface area contributed by atoms with E-state index < -0.39 is 5.97 Å². The summed E-state index contributed by atoms with van der Waals surface area (Å²) in [5.74, 6) is 0.214. The van der Waals surface area contributed by atoms with Crippen molar-refractivity contribution in [3.05, 3.63) is 74.7 Å². The minimum Gasteiger partial charge on any atom is -0.478 e. The van der Waals surface area contributed by atoms with E-state index in [0.717, 1.165) is 42.3 Å². The molecule has 0 atom stereocenters. The fourth-order valence-corrected chi connectivity index (χ4v) is 4.58. The van der Waals surface area contributed by atoms with Gasteiger partial charge in [-0.15, -0.1) is 0 Å². The average molecular weight is 516 g/mol. The van der Waals surface area contributed by atoms with Crippen LogP contribution in [0.15, 0.2) is 51.4 Å². The molecule has 4 rings (SSSR count). The minimum absolute atomic E-state index is 0.164. The lowest BCUT2D eigenvalue weighted by molar-refractivity contribution is 0.0697. The molecule has 164 valence electrons. The number of hydrogen-bond acceptors (Lipinski definition) is 4. The van der Waals surface area contributed by atoms with Crippen LogP contribution in [0, 0.1) is 0 Å². The summed E-state index contributed by atoms with van der Waals surface area (Å²) in [6, 6.07) is 12.4. The van der Waals surface area contributed by atoms with Crippen molar-refractivity contribution in [1.29, 1.82) is 0 Å². The zero-order valence-corrected chi connectivity index (χ0v) is 19.6. The van der Waals surface area contributed by atoms with Crippen LogP contribution in [-0.4, -0.2) is 26.9 Å². The molecule has 8 heteroatoms. The summed E-state index contributed by atoms with van der Waals surface area (Å²) < 4.78 is 8.52. The van der Waals surface area contributed by atoms with Gasteiger partial charge in [-0.3, -0.25) is 4.79 Å². The van der Waals surface area contributed by atoms with Crippen LogP contribution in [0.2, 0.25) is 5.15 Å². The number of aromatic carboxylic acids is 1. The largest absolute Gasteiger partial charge is 0.478 e. The molecular weight excluding hydrogens is 496 g/mol. The van der Waals surface area contributed by atoms with Gasteiger partial charge in [0.15, 0.2) is 11.4 Å². The number of carbonyl (C=O) groups excluding carboxylic acids is 1. The van der Waals surface area contributed by atoms with Crippen LogP contribution in [0.5, 0.6) is 0 Å². The van der Waals surface area contributed by atoms with Gasteiger partial charge in [-0.1, -0.05) is 49.2 Å². The van der Waals surface area contributed by atoms with Crippen LogP contribution in [-0.2, 0) is 13.0 Å². The van der Waals surface area contributed by atoms with Gasteiger partial charge >= 0.3 is 5.97 Å². The fraction of sp³-hybridized carbons (Fsp3) is 0.208. The van der Waals surface area contributed by atoms with E-state index in [9.17, 15) is 14.7 Å². The maximum absolute atomic E-state index is 11.6. The number of imidazole rings is 1. The molecule has 0 amide bonds. The summed E-state index contributed by atoms with van der Waals surface area (Å²) in [4.78, 5) is 27.6. The van der Waals surface area contributed by atoms with E-state index in [1.807, 2.05) is 22.8 Å². The first-order chi connectivity index (χ1) is 15.4. The number of carbonyl (C=O) groups is 2. The van der Waals surface area contributed by atoms with Gasteiger partial charge in [-0.05, 0) is 46.1 Å². The maximum Gasteiger partial charge on any atom is 0.336 e. The Balaban J connectivity index is 1.76. The Labute approximate surface area is 198 Å². The van der Waals surface area contributed by atoms with Gasteiger partial charge in [0, 0.05) is 23.9 Å². The highest BCUT2D eigenvalue weighted by molar-refractivity contribution is 9.10. The molecule has 0 radical (unpaired) electrons. The number of carboxylic acids is 1. The van der Waals surface area contributed by atoms with Crippen molar-refractivity contribution in [3.63, 3.8) is 0 Å². The summed E-state index contributed by atoms with van der Waals surface area (Å²) >= 11 is 9.78. The molecule has 0 unspecified atom stereocenters. The van der Waals surface area contributed by atoms with E-state index in [4.69, 9.17) is 16.0 Å². The molecule has 0 spiro atoms. The van der Waals surface area contributed by atoms with Crippen molar-refractivity contribution < 1.29 is 19.1 Å². The normalized spacial score (nSPS) is 11.2. The molecule has 2 aromatic carbocycles. The predicted octanol–water partition coefficient (Wildman–Crippen LogP) is 6.61. The number of aryl methyl sites for hydroxylation is 1. The first-order valence-corrected chi connectivity index (χ1v) is 11.3. The monoisotopic (exact) mass is 514 g/mol. The van der Waals surface area contributed by atoms with E-state index in [-0.39, 0.29) is 10.7 Å². The van der Waals surface area contributed by atoms with Gasteiger partial charge in [-0.25, -0.2) is 9.78 Å². The lowest BCUT2D eigenvalue weighted by Gasteiger charge is -2.09. The van der Waals surface area contributed by atoms with E-state index >= 15 is 0 Å². The first kappa shape index (κ1) is 22.3. The number of aromatic nitrogens is 2. The number of furan rings is 1. The van der Waals surface area contributed by atoms with E-state index in [1.54, 1.807) is 24.3 Å². The number of aldehydes is 1. The van der Waals surface area contributed by atoms with Gasteiger partial charge in [0.25, 0.3) is 0 Å². The molecular formula is C24H20BrClN2O4. The number of rotatable bonds is 8. The Bertz CT molecular complexity index is 1330. The van der Waals surface area contributed by atoms with Crippen molar-refractivity contribution in [2.75, 3.05) is 0 Å². The summed E-state index contributed by atoms with van der Waals surface area (Å²) in [7, 11) is 0. The third-order valence-corrected chi connectivity index (χ3v) is 6.41. The highest BCUT2D eigenvalue weighted by Crippen LogP contribution is 2.39. The van der Waals surface area contributed by atoms with Gasteiger partial charge < -0.3 is 14.1 Å². The highest BCUT2D eigenvalue weighted by Gasteiger charge is 2.20. The Morgan fingerprint density at radius 2 is 2.06 bits per heavy atom. The van der Waals surface area contributed by atoms with Crippen LogP contribution in [0.4, 0.5) is 0 Å². The van der Waals surface area contributed by atoms with Crippen molar-refractivity contribution in [3.8, 4) is 11.3 Å². The van der Waals surface area contributed by atoms with Gasteiger partial charge in [0.1, 0.15) is 22.9 Å². The Hall–Kier alpha value is -2.90. The first-order valence-electron chi connectivity index (χ1n) is 10.2. The topological polar surface area (TPSA) is 85.3 Å². The highest BCUT2D eigenvalue weighted by atomic mass is 79.9. The molecule has 0 saturated carbocycles. The summed E-state index contributed by atoms with van der Waals surface area (Å²) in [5, 5.41) is 10.6. The number of fused-ring (bicyclic) bond motifs is 1. The van der Waals surface area contributed by atoms with Crippen molar-refractivity contribution in [2.24, 2.45) is 0 Å². The van der Waals surface area contributed by atoms with Crippen molar-refractivity contribution in [1.82, 2.24) is 9.55 Å². The fourth-order valence-electron chi connectivity index (χ4n) is 3.73. The van der Waals surface area contributed by atoms with E-state index in [1.165, 1.54) is 0 Å². The Morgan fingerprint density at radius 3 is 2.78 bits per heavy atom. The van der Waals surface area contributed by atoms with E-state index in [2.05, 4.69) is 27.8 Å². The minimum atomic E-state index is -1.02. The number of benzene rings is 2. The Kier molecular flexibility index (Phi) is 6.48. The van der Waals surface area contributed by atoms with Crippen LogP contribution in [0.25, 0.3) is 22.3 Å². The number of nitrogens with zero attached hydrogens (tertiary/aromatic N) is 2. The van der Waals surface area contributed by atoms with Crippen molar-refractivity contribution >= 4 is 50.8 Å². The van der Waals surface area contributed by atoms with E-state index in [0.29, 0.717) is 33.6 Å². The second-order valence-electron chi connectivity index (χ2n) is 7.44. The molecule has 32 heavy (non-hydrogen) atoms. The Morgan fingerprint density at radius 1 is 1.28 bits per heavy atom. The van der Waals surface area contributed by atoms with Crippen LogP contribution >= 0.6 is 27.5 Å². The smallest absolute Gasteiger partial charge is 0.336 e. The SMILES string of the molecule is CCCCc1nc(Cl)c(C=O)n1Cc1ccc2oc(-c3ccccc3C(=O)O)c(Br)c2c1. The summed E-state index contributed by atoms with van der Waals surface area (Å²) in [5.41, 5.74) is 2.58. The van der Waals surface area contributed by atoms with Crippen LogP contribution in [0.3, 0.4) is 0 Å². The number of unbranched alkanes of at least 4 members (excludes halogenated alkanes) is 1. The molecule has 0 aliphatic rings. The third kappa shape index (κ3) is 4.10. The lowest BCUT2D eigenvalue weighted by Crippen LogP contribution is -2.08. The predicted molar refractivity (Wildman–Crippen MR) is 127 cm³/mol. The van der Waals surface area contributed by atoms with Crippen LogP contribution < -0.4 is 0 Å². The summed E-state index contributed by atoms with van der Waals surface area (Å²) in [6.45, 7) is 2.53. The van der Waals surface area contributed by atoms with Gasteiger partial charge in [-0.2, -0.15) is 0 Å². The molecule has 4 aromatic rings. The molecule has 1 N–H and O–H groups in total. The second kappa shape index (κ2) is 9.30. The maximum atomic E-state index is 11.6. The molecule has 2 heterocycles. The third-order valence-electron chi connectivity index (χ3n) is 5.34. The summed E-state index contributed by atoms with van der Waals surface area (Å²) in [6.07, 6.45) is 3.43. The lowest BCUT2D eigenvalue weighted by atomic mass is 10.0. The zero-order chi connectivity index (χ0) is 22.8. The second-order valence-corrected chi connectivity index (χ2v) is 8.59. The molecule has 0 bridgehead atoms. The standard InChI is InChI=1S/C24H20BrClN2O4/c1-2-3-8-20-27-23(26)18(13-29)28(20)12-14-9-10-19-17(11-14)21(25)22(32-19)15-6-4-5-7-16(15)24(30)31/h4-7,9-11,13H,2-3,8,12H2,1H3,(H,30,31). The zero-order valence-electron chi connectivity index (χ0n) is 17.3. The van der Waals surface area contributed by atoms with Crippen molar-refractivity contribution in [2.45, 2.75) is 32.7 Å². The number of carboxylic acid groups (broad SMARTS) is 1. The van der Waals surface area contributed by atoms with Gasteiger partial charge in [0.2, 0.25) is 0 Å². The molecule has 0 saturated heterocycles. The molecule has 0 aliphatic carbocycles. The average Bonchev–Trinajstić information content (AvgIpc) is 3.27. The quantitative estimate of drug-likeness (QED) is 0.267. The van der Waals surface area contributed by atoms with Gasteiger partial charge in [0.05, 0.1) is 10.0 Å².